The Morgan fingerprint density at radius 1 is 0.917 bits per heavy atom. The van der Waals surface area contributed by atoms with Crippen molar-refractivity contribution in [2.45, 2.75) is 24.8 Å². The Labute approximate surface area is 213 Å². The Morgan fingerprint density at radius 2 is 1.53 bits per heavy atom. The summed E-state index contributed by atoms with van der Waals surface area (Å²) in [5, 5.41) is 3.24. The van der Waals surface area contributed by atoms with Gasteiger partial charge in [-0.25, -0.2) is 13.4 Å². The lowest BCUT2D eigenvalue weighted by atomic mass is 10.1. The van der Waals surface area contributed by atoms with Crippen molar-refractivity contribution in [1.29, 1.82) is 0 Å². The molecule has 186 valence electrons. The molecule has 0 spiro atoms. The van der Waals surface area contributed by atoms with Crippen molar-refractivity contribution in [2.75, 3.05) is 12.4 Å². The number of hydrogen-bond acceptors (Lipinski definition) is 7. The highest BCUT2D eigenvalue weighted by atomic mass is 32.2. The number of anilines is 1. The molecule has 0 aliphatic heterocycles. The second kappa shape index (κ2) is 10.6. The Bertz CT molecular complexity index is 1460. The van der Waals surface area contributed by atoms with E-state index in [2.05, 4.69) is 15.0 Å². The number of sulfonamides is 1. The minimum absolute atomic E-state index is 0.0421. The summed E-state index contributed by atoms with van der Waals surface area (Å²) in [5.74, 6) is -1.20. The van der Waals surface area contributed by atoms with E-state index in [1.807, 2.05) is 36.4 Å². The highest BCUT2D eigenvalue weighted by Crippen LogP contribution is 2.25. The summed E-state index contributed by atoms with van der Waals surface area (Å²) < 4.78 is 33.6. The van der Waals surface area contributed by atoms with Gasteiger partial charge in [0.2, 0.25) is 10.0 Å². The third-order valence-corrected chi connectivity index (χ3v) is 8.02. The van der Waals surface area contributed by atoms with Crippen molar-refractivity contribution >= 4 is 49.1 Å². The van der Waals surface area contributed by atoms with E-state index in [1.165, 1.54) is 30.6 Å². The fourth-order valence-electron chi connectivity index (χ4n) is 3.54. The Kier molecular flexibility index (Phi) is 7.48. The zero-order valence-corrected chi connectivity index (χ0v) is 21.5. The van der Waals surface area contributed by atoms with Crippen LogP contribution in [-0.4, -0.2) is 38.4 Å². The summed E-state index contributed by atoms with van der Waals surface area (Å²) in [6, 6.07) is 20.2. The van der Waals surface area contributed by atoms with E-state index in [1.54, 1.807) is 38.1 Å². The molecule has 0 bridgehead atoms. The molecule has 1 atom stereocenters. The van der Waals surface area contributed by atoms with Crippen LogP contribution in [0.1, 0.15) is 23.6 Å². The van der Waals surface area contributed by atoms with Crippen molar-refractivity contribution in [3.05, 3.63) is 77.8 Å². The molecular weight excluding hydrogens is 498 g/mol. The molecule has 1 aromatic heterocycles. The van der Waals surface area contributed by atoms with Crippen molar-refractivity contribution in [2.24, 2.45) is 5.92 Å². The number of benzene rings is 3. The van der Waals surface area contributed by atoms with Gasteiger partial charge in [0.05, 0.1) is 22.2 Å². The van der Waals surface area contributed by atoms with E-state index in [0.717, 1.165) is 21.3 Å². The monoisotopic (exact) mass is 523 g/mol. The maximum atomic E-state index is 12.8. The van der Waals surface area contributed by atoms with E-state index in [9.17, 15) is 18.0 Å². The second-order valence-corrected chi connectivity index (χ2v) is 11.2. The summed E-state index contributed by atoms with van der Waals surface area (Å²) >= 11 is 1.33. The lowest BCUT2D eigenvalue weighted by Crippen LogP contribution is -2.44. The number of amides is 1. The molecule has 0 fully saturated rings. The van der Waals surface area contributed by atoms with Crippen LogP contribution in [0.25, 0.3) is 21.3 Å². The average molecular weight is 524 g/mol. The molecular formula is C26H25N3O5S2. The number of carbonyl (C=O) groups excluding carboxylic acids is 2. The van der Waals surface area contributed by atoms with Gasteiger partial charge in [0.25, 0.3) is 5.91 Å². The molecule has 0 aliphatic carbocycles. The number of esters is 1. The fraction of sp³-hybridized carbons (Fsp3) is 0.192. The number of nitrogens with zero attached hydrogens (tertiary/aromatic N) is 1. The summed E-state index contributed by atoms with van der Waals surface area (Å²) in [6.45, 7) is 3.47. The standard InChI is InChI=1S/C26H25N3O5S2/c1-16(2)23(26(31)34-3)29-36(32,33)20-14-10-18(11-15-20)17-8-12-19(13-9-17)27-24(30)25-28-21-6-4-5-7-22(21)35-25/h4-16,23,29H,1-3H3,(H,27,30)/t23-/m1/s1. The number of rotatable bonds is 8. The van der Waals surface area contributed by atoms with E-state index in [4.69, 9.17) is 4.74 Å². The summed E-state index contributed by atoms with van der Waals surface area (Å²) in [7, 11) is -2.70. The number of ether oxygens (including phenoxy) is 1. The van der Waals surface area contributed by atoms with Crippen molar-refractivity contribution in [1.82, 2.24) is 9.71 Å². The number of methoxy groups -OCH3 is 1. The topological polar surface area (TPSA) is 114 Å². The van der Waals surface area contributed by atoms with Crippen LogP contribution in [0.3, 0.4) is 0 Å². The highest BCUT2D eigenvalue weighted by Gasteiger charge is 2.29. The number of nitrogens with one attached hydrogen (secondary N) is 2. The van der Waals surface area contributed by atoms with Crippen LogP contribution in [0.4, 0.5) is 5.69 Å². The molecule has 3 aromatic carbocycles. The van der Waals surface area contributed by atoms with Crippen LogP contribution in [0.5, 0.6) is 0 Å². The van der Waals surface area contributed by atoms with Gasteiger partial charge in [0.15, 0.2) is 5.01 Å². The van der Waals surface area contributed by atoms with Crippen molar-refractivity contribution in [3.63, 3.8) is 0 Å². The van der Waals surface area contributed by atoms with E-state index >= 15 is 0 Å². The highest BCUT2D eigenvalue weighted by molar-refractivity contribution is 7.89. The molecule has 0 saturated carbocycles. The molecule has 1 heterocycles. The van der Waals surface area contributed by atoms with Gasteiger partial charge in [-0.05, 0) is 53.4 Å². The minimum atomic E-state index is -3.92. The SMILES string of the molecule is COC(=O)[C@H](NS(=O)(=O)c1ccc(-c2ccc(NC(=O)c3nc4ccccc4s3)cc2)cc1)C(C)C. The molecule has 10 heteroatoms. The number of hydrogen-bond donors (Lipinski definition) is 2. The molecule has 2 N–H and O–H groups in total. The van der Waals surface area contributed by atoms with E-state index < -0.39 is 22.0 Å². The van der Waals surface area contributed by atoms with Crippen LogP contribution in [0.2, 0.25) is 0 Å². The molecule has 36 heavy (non-hydrogen) atoms. The van der Waals surface area contributed by atoms with Crippen molar-refractivity contribution < 1.29 is 22.7 Å². The average Bonchev–Trinajstić information content (AvgIpc) is 3.32. The van der Waals surface area contributed by atoms with Gasteiger partial charge in [0, 0.05) is 5.69 Å². The summed E-state index contributed by atoms with van der Waals surface area (Å²) in [5.41, 5.74) is 3.05. The van der Waals surface area contributed by atoms with Gasteiger partial charge >= 0.3 is 5.97 Å². The molecule has 0 saturated heterocycles. The fourth-order valence-corrected chi connectivity index (χ4v) is 5.74. The molecule has 4 aromatic rings. The molecule has 4 rings (SSSR count). The third kappa shape index (κ3) is 5.62. The first-order valence-corrected chi connectivity index (χ1v) is 13.5. The van der Waals surface area contributed by atoms with Crippen LogP contribution in [0.15, 0.2) is 77.7 Å². The maximum Gasteiger partial charge on any atom is 0.324 e. The van der Waals surface area contributed by atoms with Crippen LogP contribution < -0.4 is 10.0 Å². The van der Waals surface area contributed by atoms with Gasteiger partial charge in [-0.1, -0.05) is 50.2 Å². The molecule has 1 amide bonds. The van der Waals surface area contributed by atoms with Crippen LogP contribution in [-0.2, 0) is 19.6 Å². The summed E-state index contributed by atoms with van der Waals surface area (Å²) in [4.78, 5) is 28.9. The van der Waals surface area contributed by atoms with Gasteiger partial charge in [-0.3, -0.25) is 9.59 Å². The molecule has 0 radical (unpaired) electrons. The number of aromatic nitrogens is 1. The van der Waals surface area contributed by atoms with Gasteiger partial charge in [0.1, 0.15) is 6.04 Å². The zero-order chi connectivity index (χ0) is 25.9. The zero-order valence-electron chi connectivity index (χ0n) is 19.9. The Hall–Kier alpha value is -3.60. The first kappa shape index (κ1) is 25.5. The summed E-state index contributed by atoms with van der Waals surface area (Å²) in [6.07, 6.45) is 0. The lowest BCUT2D eigenvalue weighted by molar-refractivity contribution is -0.143. The number of fused-ring (bicyclic) bond motifs is 1. The minimum Gasteiger partial charge on any atom is -0.468 e. The first-order valence-electron chi connectivity index (χ1n) is 11.2. The molecule has 8 nitrogen and oxygen atoms in total. The third-order valence-electron chi connectivity index (χ3n) is 5.53. The van der Waals surface area contributed by atoms with Crippen LogP contribution in [0, 0.1) is 5.92 Å². The quantitative estimate of drug-likeness (QED) is 0.324. The van der Waals surface area contributed by atoms with Gasteiger partial charge < -0.3 is 10.1 Å². The predicted molar refractivity (Wildman–Crippen MR) is 140 cm³/mol. The van der Waals surface area contributed by atoms with Gasteiger partial charge in [-0.15, -0.1) is 11.3 Å². The smallest absolute Gasteiger partial charge is 0.324 e. The largest absolute Gasteiger partial charge is 0.468 e. The van der Waals surface area contributed by atoms with Crippen LogP contribution >= 0.6 is 11.3 Å². The number of para-hydroxylation sites is 1. The van der Waals surface area contributed by atoms with E-state index in [0.29, 0.717) is 10.7 Å². The molecule has 0 aliphatic rings. The molecule has 0 unspecified atom stereocenters. The number of carbonyl (C=O) groups is 2. The Balaban J connectivity index is 1.45. The predicted octanol–water partition coefficient (Wildman–Crippen LogP) is 4.69. The van der Waals surface area contributed by atoms with Crippen molar-refractivity contribution in [3.8, 4) is 11.1 Å². The normalized spacial score (nSPS) is 12.4. The first-order chi connectivity index (χ1) is 17.2. The van der Waals surface area contributed by atoms with E-state index in [-0.39, 0.29) is 16.7 Å². The number of thiazole rings is 1. The lowest BCUT2D eigenvalue weighted by Gasteiger charge is -2.19. The Morgan fingerprint density at radius 3 is 2.11 bits per heavy atom. The second-order valence-electron chi connectivity index (χ2n) is 8.41. The maximum absolute atomic E-state index is 12.8. The van der Waals surface area contributed by atoms with Gasteiger partial charge in [-0.2, -0.15) is 4.72 Å².